The summed E-state index contributed by atoms with van der Waals surface area (Å²) in [6.07, 6.45) is 2.14. The number of hydrogen-bond donors (Lipinski definition) is 1. The normalized spacial score (nSPS) is 27.8. The molecule has 1 aromatic carbocycles. The number of aliphatic hydroxyl groups excluding tert-OH is 1. The second kappa shape index (κ2) is 6.66. The predicted molar refractivity (Wildman–Crippen MR) is 86.0 cm³/mol. The number of rotatable bonds is 4. The van der Waals surface area contributed by atoms with Gasteiger partial charge in [-0.2, -0.15) is 4.31 Å². The average Bonchev–Trinajstić information content (AvgIpc) is 2.88. The van der Waals surface area contributed by atoms with Gasteiger partial charge < -0.3 is 5.11 Å². The molecule has 2 heterocycles. The Labute approximate surface area is 132 Å². The summed E-state index contributed by atoms with van der Waals surface area (Å²) in [5.41, 5.74) is 0.915. The molecule has 1 unspecified atom stereocenters. The largest absolute Gasteiger partial charge is 0.387 e. The lowest BCUT2D eigenvalue weighted by atomic mass is 10.0. The lowest BCUT2D eigenvalue weighted by Crippen LogP contribution is -2.49. The van der Waals surface area contributed by atoms with Gasteiger partial charge in [-0.25, -0.2) is 8.42 Å². The van der Waals surface area contributed by atoms with E-state index in [-0.39, 0.29) is 11.8 Å². The highest BCUT2D eigenvalue weighted by atomic mass is 32.2. The zero-order valence-electron chi connectivity index (χ0n) is 12.8. The second-order valence-electron chi connectivity index (χ2n) is 6.26. The molecule has 1 aromatic rings. The molecule has 0 radical (unpaired) electrons. The summed E-state index contributed by atoms with van der Waals surface area (Å²) in [7, 11) is -3.05. The number of nitrogens with zero attached hydrogens (tertiary/aromatic N) is 2. The van der Waals surface area contributed by atoms with Crippen molar-refractivity contribution in [2.45, 2.75) is 31.4 Å². The third-order valence-electron chi connectivity index (χ3n) is 4.64. The Hall–Kier alpha value is -0.950. The number of aliphatic hydroxyl groups is 1. The number of β-amino-alcohol motifs (C(OH)–C–C–N with tert-alkyl or cyclic N) is 1. The minimum Gasteiger partial charge on any atom is -0.387 e. The van der Waals surface area contributed by atoms with Crippen LogP contribution in [0.15, 0.2) is 30.3 Å². The maximum absolute atomic E-state index is 12.1. The van der Waals surface area contributed by atoms with Crippen molar-refractivity contribution < 1.29 is 13.5 Å². The zero-order chi connectivity index (χ0) is 15.6. The molecule has 5 nitrogen and oxygen atoms in total. The second-order valence-corrected chi connectivity index (χ2v) is 8.30. The van der Waals surface area contributed by atoms with Crippen LogP contribution < -0.4 is 0 Å². The first kappa shape index (κ1) is 15.9. The summed E-state index contributed by atoms with van der Waals surface area (Å²) < 4.78 is 25.8. The molecule has 0 spiro atoms. The molecule has 0 aromatic heterocycles. The molecule has 2 atom stereocenters. The van der Waals surface area contributed by atoms with Crippen molar-refractivity contribution in [3.63, 3.8) is 0 Å². The molecule has 3 rings (SSSR count). The Morgan fingerprint density at radius 1 is 1.18 bits per heavy atom. The monoisotopic (exact) mass is 324 g/mol. The molecule has 2 fully saturated rings. The molecular weight excluding hydrogens is 300 g/mol. The van der Waals surface area contributed by atoms with Crippen molar-refractivity contribution in [1.82, 2.24) is 9.21 Å². The average molecular weight is 324 g/mol. The summed E-state index contributed by atoms with van der Waals surface area (Å²) in [4.78, 5) is 2.19. The van der Waals surface area contributed by atoms with Crippen LogP contribution in [0, 0.1) is 0 Å². The van der Waals surface area contributed by atoms with Crippen molar-refractivity contribution >= 4 is 10.0 Å². The molecule has 122 valence electrons. The van der Waals surface area contributed by atoms with E-state index in [0.29, 0.717) is 13.1 Å². The highest BCUT2D eigenvalue weighted by Crippen LogP contribution is 2.25. The molecule has 0 bridgehead atoms. The Balaban J connectivity index is 1.61. The minimum absolute atomic E-state index is 0.0734. The van der Waals surface area contributed by atoms with E-state index in [0.717, 1.165) is 37.9 Å². The van der Waals surface area contributed by atoms with Crippen molar-refractivity contribution in [1.29, 1.82) is 0 Å². The molecule has 0 amide bonds. The van der Waals surface area contributed by atoms with Crippen LogP contribution >= 0.6 is 0 Å². The Kier molecular flexibility index (Phi) is 4.82. The molecule has 22 heavy (non-hydrogen) atoms. The molecule has 2 aliphatic heterocycles. The summed E-state index contributed by atoms with van der Waals surface area (Å²) in [5, 5.41) is 10.4. The van der Waals surface area contributed by atoms with E-state index < -0.39 is 16.1 Å². The fourth-order valence-electron chi connectivity index (χ4n) is 3.53. The lowest BCUT2D eigenvalue weighted by Gasteiger charge is -2.37. The Morgan fingerprint density at radius 2 is 1.95 bits per heavy atom. The quantitative estimate of drug-likeness (QED) is 0.905. The van der Waals surface area contributed by atoms with Crippen LogP contribution in [0.1, 0.15) is 30.9 Å². The van der Waals surface area contributed by atoms with Crippen molar-refractivity contribution in [2.75, 3.05) is 31.9 Å². The highest BCUT2D eigenvalue weighted by Gasteiger charge is 2.36. The summed E-state index contributed by atoms with van der Waals surface area (Å²) in [6, 6.07) is 9.71. The highest BCUT2D eigenvalue weighted by molar-refractivity contribution is 7.89. The van der Waals surface area contributed by atoms with E-state index in [9.17, 15) is 13.5 Å². The smallest absolute Gasteiger partial charge is 0.214 e. The number of sulfonamides is 1. The predicted octanol–water partition coefficient (Wildman–Crippen LogP) is 1.22. The minimum atomic E-state index is -3.05. The Morgan fingerprint density at radius 3 is 2.64 bits per heavy atom. The van der Waals surface area contributed by atoms with Crippen LogP contribution in [0.25, 0.3) is 0 Å². The van der Waals surface area contributed by atoms with Gasteiger partial charge in [0.2, 0.25) is 10.0 Å². The molecule has 0 saturated carbocycles. The van der Waals surface area contributed by atoms with E-state index in [4.69, 9.17) is 0 Å². The summed E-state index contributed by atoms with van der Waals surface area (Å²) in [5.74, 6) is 0.288. The maximum atomic E-state index is 12.1. The van der Waals surface area contributed by atoms with E-state index in [1.54, 1.807) is 4.31 Å². The van der Waals surface area contributed by atoms with Crippen molar-refractivity contribution in [3.05, 3.63) is 35.9 Å². The van der Waals surface area contributed by atoms with Crippen molar-refractivity contribution in [2.24, 2.45) is 0 Å². The first-order valence-electron chi connectivity index (χ1n) is 8.01. The van der Waals surface area contributed by atoms with Crippen molar-refractivity contribution in [3.8, 4) is 0 Å². The first-order valence-corrected chi connectivity index (χ1v) is 9.62. The van der Waals surface area contributed by atoms with Gasteiger partial charge in [0.15, 0.2) is 0 Å². The summed E-state index contributed by atoms with van der Waals surface area (Å²) in [6.45, 7) is 2.87. The Bertz CT molecular complexity index is 591. The van der Waals surface area contributed by atoms with Gasteiger partial charge in [-0.3, -0.25) is 4.90 Å². The van der Waals surface area contributed by atoms with Gasteiger partial charge in [-0.05, 0) is 31.4 Å². The summed E-state index contributed by atoms with van der Waals surface area (Å²) >= 11 is 0. The molecule has 6 heteroatoms. The van der Waals surface area contributed by atoms with Gasteiger partial charge >= 0.3 is 0 Å². The van der Waals surface area contributed by atoms with Crippen LogP contribution in [0.4, 0.5) is 0 Å². The molecule has 1 N–H and O–H groups in total. The standard InChI is InChI=1S/C16H24N2O3S/c19-16(14-6-2-1-3-7-14)13-17-9-4-8-15(12-17)18-10-5-11-22(18,20)21/h1-3,6-7,15-16,19H,4-5,8-13H2/t15?,16-/m1/s1. The molecular formula is C16H24N2O3S. The number of piperidine rings is 1. The van der Waals surface area contributed by atoms with Gasteiger partial charge in [0, 0.05) is 25.7 Å². The number of hydrogen-bond acceptors (Lipinski definition) is 4. The third kappa shape index (κ3) is 3.51. The number of likely N-dealkylation sites (tertiary alicyclic amines) is 1. The van der Waals surface area contributed by atoms with E-state index >= 15 is 0 Å². The fraction of sp³-hybridized carbons (Fsp3) is 0.625. The topological polar surface area (TPSA) is 60.9 Å². The van der Waals surface area contributed by atoms with Crippen LogP contribution in [0.5, 0.6) is 0 Å². The van der Waals surface area contributed by atoms with Gasteiger partial charge in [0.25, 0.3) is 0 Å². The zero-order valence-corrected chi connectivity index (χ0v) is 13.6. The van der Waals surface area contributed by atoms with Gasteiger partial charge in [-0.15, -0.1) is 0 Å². The van der Waals surface area contributed by atoms with Crippen LogP contribution in [0.3, 0.4) is 0 Å². The number of benzene rings is 1. The van der Waals surface area contributed by atoms with E-state index in [1.165, 1.54) is 0 Å². The van der Waals surface area contributed by atoms with Gasteiger partial charge in [0.05, 0.1) is 11.9 Å². The van der Waals surface area contributed by atoms with E-state index in [2.05, 4.69) is 4.90 Å². The van der Waals surface area contributed by atoms with Gasteiger partial charge in [0.1, 0.15) is 0 Å². The van der Waals surface area contributed by atoms with E-state index in [1.807, 2.05) is 30.3 Å². The first-order chi connectivity index (χ1) is 10.6. The SMILES string of the molecule is O=S1(=O)CCCN1C1CCCN(C[C@@H](O)c2ccccc2)C1. The maximum Gasteiger partial charge on any atom is 0.214 e. The van der Waals surface area contributed by atoms with Crippen LogP contribution in [0.2, 0.25) is 0 Å². The fourth-order valence-corrected chi connectivity index (χ4v) is 5.29. The molecule has 0 aliphatic carbocycles. The lowest BCUT2D eigenvalue weighted by molar-refractivity contribution is 0.0796. The van der Waals surface area contributed by atoms with Crippen LogP contribution in [-0.4, -0.2) is 60.7 Å². The van der Waals surface area contributed by atoms with Crippen LogP contribution in [-0.2, 0) is 10.0 Å². The third-order valence-corrected chi connectivity index (χ3v) is 6.64. The molecule has 2 aliphatic rings. The van der Waals surface area contributed by atoms with Gasteiger partial charge in [-0.1, -0.05) is 30.3 Å². The molecule has 2 saturated heterocycles.